The highest BCUT2D eigenvalue weighted by Crippen LogP contribution is 2.26. The van der Waals surface area contributed by atoms with Gasteiger partial charge in [-0.1, -0.05) is 32.0 Å². The van der Waals surface area contributed by atoms with Crippen LogP contribution in [-0.4, -0.2) is 24.3 Å². The van der Waals surface area contributed by atoms with Crippen LogP contribution in [0.25, 0.3) is 0 Å². The third kappa shape index (κ3) is 5.64. The van der Waals surface area contributed by atoms with Crippen molar-refractivity contribution in [3.05, 3.63) is 54.0 Å². The number of carbonyl (C=O) groups excluding carboxylic acids is 1. The van der Waals surface area contributed by atoms with E-state index in [0.29, 0.717) is 12.5 Å². The SMILES string of the molecule is CC(C)c1ccccc1O[C@@H](C)C(=O)NCCSCc1ccco1. The van der Waals surface area contributed by atoms with Crippen molar-refractivity contribution in [2.45, 2.75) is 38.5 Å². The second-order valence-corrected chi connectivity index (χ2v) is 6.98. The molecule has 1 N–H and O–H groups in total. The molecular weight excluding hydrogens is 322 g/mol. The molecule has 5 heteroatoms. The Labute approximate surface area is 148 Å². The molecule has 2 rings (SSSR count). The Morgan fingerprint density at radius 2 is 2.00 bits per heavy atom. The van der Waals surface area contributed by atoms with E-state index < -0.39 is 6.10 Å². The predicted molar refractivity (Wildman–Crippen MR) is 98.5 cm³/mol. The lowest BCUT2D eigenvalue weighted by Crippen LogP contribution is -2.37. The van der Waals surface area contributed by atoms with Crippen LogP contribution in [0.3, 0.4) is 0 Å². The molecule has 0 saturated heterocycles. The largest absolute Gasteiger partial charge is 0.481 e. The van der Waals surface area contributed by atoms with Crippen LogP contribution in [-0.2, 0) is 10.5 Å². The number of furan rings is 1. The Morgan fingerprint density at radius 1 is 1.21 bits per heavy atom. The highest BCUT2D eigenvalue weighted by Gasteiger charge is 2.16. The molecule has 0 aliphatic carbocycles. The molecule has 1 heterocycles. The first-order valence-corrected chi connectivity index (χ1v) is 9.37. The van der Waals surface area contributed by atoms with Crippen LogP contribution in [0.4, 0.5) is 0 Å². The second kappa shape index (κ2) is 9.42. The molecule has 1 atom stereocenters. The maximum atomic E-state index is 12.2. The van der Waals surface area contributed by atoms with Gasteiger partial charge in [-0.2, -0.15) is 11.8 Å². The number of benzene rings is 1. The number of amides is 1. The summed E-state index contributed by atoms with van der Waals surface area (Å²) in [4.78, 5) is 12.2. The number of hydrogen-bond acceptors (Lipinski definition) is 4. The van der Waals surface area contributed by atoms with E-state index in [0.717, 1.165) is 28.6 Å². The number of ether oxygens (including phenoxy) is 1. The second-order valence-electron chi connectivity index (χ2n) is 5.88. The third-order valence-corrected chi connectivity index (χ3v) is 4.57. The maximum absolute atomic E-state index is 12.2. The first-order chi connectivity index (χ1) is 11.6. The van der Waals surface area contributed by atoms with Gasteiger partial charge in [0.2, 0.25) is 0 Å². The van der Waals surface area contributed by atoms with Crippen molar-refractivity contribution in [3.63, 3.8) is 0 Å². The average molecular weight is 347 g/mol. The third-order valence-electron chi connectivity index (χ3n) is 3.58. The van der Waals surface area contributed by atoms with Crippen molar-refractivity contribution in [2.75, 3.05) is 12.3 Å². The van der Waals surface area contributed by atoms with Crippen molar-refractivity contribution in [3.8, 4) is 5.75 Å². The summed E-state index contributed by atoms with van der Waals surface area (Å²) in [6.07, 6.45) is 1.16. The smallest absolute Gasteiger partial charge is 0.260 e. The van der Waals surface area contributed by atoms with Crippen molar-refractivity contribution in [2.24, 2.45) is 0 Å². The molecule has 0 aliphatic rings. The Kier molecular flexibility index (Phi) is 7.25. The summed E-state index contributed by atoms with van der Waals surface area (Å²) in [5, 5.41) is 2.92. The molecule has 0 fully saturated rings. The molecule has 0 saturated carbocycles. The lowest BCUT2D eigenvalue weighted by atomic mass is 10.0. The van der Waals surface area contributed by atoms with Crippen LogP contribution in [0.15, 0.2) is 47.1 Å². The van der Waals surface area contributed by atoms with E-state index in [2.05, 4.69) is 19.2 Å². The van der Waals surface area contributed by atoms with E-state index in [9.17, 15) is 4.79 Å². The highest BCUT2D eigenvalue weighted by atomic mass is 32.2. The van der Waals surface area contributed by atoms with E-state index in [1.807, 2.05) is 36.4 Å². The van der Waals surface area contributed by atoms with Crippen LogP contribution >= 0.6 is 11.8 Å². The quantitative estimate of drug-likeness (QED) is 0.690. The number of hydrogen-bond donors (Lipinski definition) is 1. The molecule has 0 aliphatic heterocycles. The van der Waals surface area contributed by atoms with E-state index in [-0.39, 0.29) is 5.91 Å². The van der Waals surface area contributed by atoms with Crippen LogP contribution < -0.4 is 10.1 Å². The number of para-hydroxylation sites is 1. The van der Waals surface area contributed by atoms with Crippen LogP contribution in [0.1, 0.15) is 38.0 Å². The molecule has 0 unspecified atom stereocenters. The zero-order chi connectivity index (χ0) is 17.4. The van der Waals surface area contributed by atoms with Gasteiger partial charge in [-0.25, -0.2) is 0 Å². The van der Waals surface area contributed by atoms with Crippen molar-refractivity contribution >= 4 is 17.7 Å². The normalized spacial score (nSPS) is 12.2. The summed E-state index contributed by atoms with van der Waals surface area (Å²) in [6.45, 7) is 6.62. The van der Waals surface area contributed by atoms with Gasteiger partial charge in [0, 0.05) is 12.3 Å². The first-order valence-electron chi connectivity index (χ1n) is 8.21. The summed E-state index contributed by atoms with van der Waals surface area (Å²) in [5.74, 6) is 3.65. The molecular formula is C19H25NO3S. The number of carbonyl (C=O) groups is 1. The maximum Gasteiger partial charge on any atom is 0.260 e. The fourth-order valence-electron chi connectivity index (χ4n) is 2.27. The zero-order valence-corrected chi connectivity index (χ0v) is 15.3. The van der Waals surface area contributed by atoms with Gasteiger partial charge in [-0.05, 0) is 36.6 Å². The van der Waals surface area contributed by atoms with Gasteiger partial charge < -0.3 is 14.5 Å². The minimum Gasteiger partial charge on any atom is -0.481 e. The van der Waals surface area contributed by atoms with Gasteiger partial charge in [-0.3, -0.25) is 4.79 Å². The fourth-order valence-corrected chi connectivity index (χ4v) is 3.02. The van der Waals surface area contributed by atoms with Crippen molar-refractivity contribution < 1.29 is 13.9 Å². The summed E-state index contributed by atoms with van der Waals surface area (Å²) >= 11 is 1.73. The molecule has 1 aromatic carbocycles. The molecule has 1 amide bonds. The van der Waals surface area contributed by atoms with E-state index in [4.69, 9.17) is 9.15 Å². The topological polar surface area (TPSA) is 51.5 Å². The number of thioether (sulfide) groups is 1. The van der Waals surface area contributed by atoms with Gasteiger partial charge in [0.05, 0.1) is 12.0 Å². The lowest BCUT2D eigenvalue weighted by Gasteiger charge is -2.18. The van der Waals surface area contributed by atoms with Gasteiger partial charge in [0.15, 0.2) is 6.10 Å². The summed E-state index contributed by atoms with van der Waals surface area (Å²) in [5.41, 5.74) is 1.12. The van der Waals surface area contributed by atoms with Gasteiger partial charge in [0.1, 0.15) is 11.5 Å². The average Bonchev–Trinajstić information content (AvgIpc) is 3.08. The fraction of sp³-hybridized carbons (Fsp3) is 0.421. The molecule has 24 heavy (non-hydrogen) atoms. The van der Waals surface area contributed by atoms with Gasteiger partial charge >= 0.3 is 0 Å². The first kappa shape index (κ1) is 18.5. The Bertz CT molecular complexity index is 625. The number of nitrogens with one attached hydrogen (secondary N) is 1. The number of rotatable bonds is 9. The Balaban J connectivity index is 1.72. The lowest BCUT2D eigenvalue weighted by molar-refractivity contribution is -0.127. The van der Waals surface area contributed by atoms with Crippen LogP contribution in [0.5, 0.6) is 5.75 Å². The predicted octanol–water partition coefficient (Wildman–Crippen LogP) is 4.22. The molecule has 0 spiro atoms. The minimum absolute atomic E-state index is 0.0906. The highest BCUT2D eigenvalue weighted by molar-refractivity contribution is 7.98. The van der Waals surface area contributed by atoms with Gasteiger partial charge in [-0.15, -0.1) is 0 Å². The molecule has 2 aromatic rings. The molecule has 1 aromatic heterocycles. The monoisotopic (exact) mass is 347 g/mol. The molecule has 4 nitrogen and oxygen atoms in total. The zero-order valence-electron chi connectivity index (χ0n) is 14.5. The molecule has 0 radical (unpaired) electrons. The summed E-state index contributed by atoms with van der Waals surface area (Å²) < 4.78 is 11.1. The van der Waals surface area contributed by atoms with Crippen molar-refractivity contribution in [1.82, 2.24) is 5.32 Å². The Hall–Kier alpha value is -1.88. The van der Waals surface area contributed by atoms with E-state index >= 15 is 0 Å². The van der Waals surface area contributed by atoms with E-state index in [1.54, 1.807) is 24.9 Å². The van der Waals surface area contributed by atoms with Crippen LogP contribution in [0.2, 0.25) is 0 Å². The Morgan fingerprint density at radius 3 is 2.71 bits per heavy atom. The minimum atomic E-state index is -0.514. The standard InChI is InChI=1S/C19H25NO3S/c1-14(2)17-8-4-5-9-18(17)23-15(3)19(21)20-10-12-24-13-16-7-6-11-22-16/h4-9,11,14-15H,10,12-13H2,1-3H3,(H,20,21)/t15-/m0/s1. The molecule has 0 bridgehead atoms. The van der Waals surface area contributed by atoms with Crippen molar-refractivity contribution in [1.29, 1.82) is 0 Å². The van der Waals surface area contributed by atoms with E-state index in [1.165, 1.54) is 0 Å². The summed E-state index contributed by atoms with van der Waals surface area (Å²) in [6, 6.07) is 11.7. The van der Waals surface area contributed by atoms with Gasteiger partial charge in [0.25, 0.3) is 5.91 Å². The summed E-state index contributed by atoms with van der Waals surface area (Å²) in [7, 11) is 0. The van der Waals surface area contributed by atoms with Crippen LogP contribution in [0, 0.1) is 0 Å². The molecule has 130 valence electrons.